The Labute approximate surface area is 158 Å². The van der Waals surface area contributed by atoms with Crippen LogP contribution in [0.1, 0.15) is 41.9 Å². The Morgan fingerprint density at radius 1 is 1.15 bits per heavy atom. The van der Waals surface area contributed by atoms with Gasteiger partial charge in [-0.05, 0) is 49.6 Å². The van der Waals surface area contributed by atoms with E-state index in [0.29, 0.717) is 12.3 Å². The molecule has 2 heterocycles. The molecule has 1 fully saturated rings. The zero-order chi connectivity index (χ0) is 18.6. The summed E-state index contributed by atoms with van der Waals surface area (Å²) in [6.07, 6.45) is 3.63. The minimum Gasteiger partial charge on any atom is -0.494 e. The van der Waals surface area contributed by atoms with Crippen LogP contribution in [0.15, 0.2) is 60.8 Å². The van der Waals surface area contributed by atoms with Crippen molar-refractivity contribution in [1.29, 1.82) is 0 Å². The molecule has 3 aromatic rings. The molecule has 1 unspecified atom stereocenters. The fourth-order valence-electron chi connectivity index (χ4n) is 3.53. The molecule has 2 aromatic carbocycles. The average Bonchev–Trinajstić information content (AvgIpc) is 3.39. The molecule has 138 valence electrons. The topological polar surface area (TPSA) is 60.2 Å². The van der Waals surface area contributed by atoms with Crippen molar-refractivity contribution in [2.24, 2.45) is 0 Å². The van der Waals surface area contributed by atoms with Crippen LogP contribution < -0.4 is 4.74 Å². The van der Waals surface area contributed by atoms with Gasteiger partial charge in [0.1, 0.15) is 5.75 Å². The second-order valence-corrected chi connectivity index (χ2v) is 6.54. The largest absolute Gasteiger partial charge is 0.494 e. The highest BCUT2D eigenvalue weighted by molar-refractivity contribution is 5.92. The van der Waals surface area contributed by atoms with E-state index in [1.165, 1.54) is 0 Å². The van der Waals surface area contributed by atoms with Crippen molar-refractivity contribution in [2.75, 3.05) is 13.2 Å². The molecule has 0 N–H and O–H groups in total. The number of likely N-dealkylation sites (tertiary alicyclic amines) is 1. The van der Waals surface area contributed by atoms with E-state index in [4.69, 9.17) is 4.74 Å². The molecule has 0 spiro atoms. The molecule has 1 atom stereocenters. The molecule has 1 saturated heterocycles. The van der Waals surface area contributed by atoms with E-state index in [1.807, 2.05) is 66.4 Å². The third kappa shape index (κ3) is 3.56. The van der Waals surface area contributed by atoms with Crippen LogP contribution in [0.4, 0.5) is 0 Å². The Morgan fingerprint density at radius 2 is 1.93 bits per heavy atom. The third-order valence-electron chi connectivity index (χ3n) is 4.82. The average molecular weight is 362 g/mol. The number of aromatic nitrogens is 3. The summed E-state index contributed by atoms with van der Waals surface area (Å²) < 4.78 is 7.14. The van der Waals surface area contributed by atoms with Gasteiger partial charge in [0.25, 0.3) is 5.91 Å². The Balaban J connectivity index is 1.53. The lowest BCUT2D eigenvalue weighted by Gasteiger charge is -2.24. The monoisotopic (exact) mass is 362 g/mol. The third-order valence-corrected chi connectivity index (χ3v) is 4.82. The molecule has 6 heteroatoms. The molecule has 0 saturated carbocycles. The zero-order valence-electron chi connectivity index (χ0n) is 15.3. The van der Waals surface area contributed by atoms with Crippen molar-refractivity contribution in [3.05, 3.63) is 72.1 Å². The minimum atomic E-state index is -0.0754. The van der Waals surface area contributed by atoms with Gasteiger partial charge in [0, 0.05) is 6.54 Å². The maximum atomic E-state index is 13.0. The van der Waals surface area contributed by atoms with Crippen LogP contribution in [0.5, 0.6) is 5.75 Å². The van der Waals surface area contributed by atoms with Gasteiger partial charge in [-0.15, -0.1) is 5.10 Å². The van der Waals surface area contributed by atoms with Crippen molar-refractivity contribution in [3.8, 4) is 11.4 Å². The summed E-state index contributed by atoms with van der Waals surface area (Å²) in [7, 11) is 0. The van der Waals surface area contributed by atoms with Gasteiger partial charge in [0.2, 0.25) is 0 Å². The van der Waals surface area contributed by atoms with Gasteiger partial charge in [-0.3, -0.25) is 4.79 Å². The number of ether oxygens (including phenoxy) is 1. The van der Waals surface area contributed by atoms with Gasteiger partial charge in [0.15, 0.2) is 5.69 Å². The summed E-state index contributed by atoms with van der Waals surface area (Å²) in [5.74, 6) is 0.775. The van der Waals surface area contributed by atoms with Crippen LogP contribution in [0.3, 0.4) is 0 Å². The summed E-state index contributed by atoms with van der Waals surface area (Å²) in [6.45, 7) is 3.34. The molecular formula is C21H22N4O2. The van der Waals surface area contributed by atoms with Crippen LogP contribution >= 0.6 is 0 Å². The number of rotatable bonds is 5. The summed E-state index contributed by atoms with van der Waals surface area (Å²) in [5.41, 5.74) is 2.38. The van der Waals surface area contributed by atoms with E-state index in [1.54, 1.807) is 10.9 Å². The lowest BCUT2D eigenvalue weighted by atomic mass is 10.0. The number of hydrogen-bond donors (Lipinski definition) is 0. The second kappa shape index (κ2) is 7.61. The normalized spacial score (nSPS) is 16.5. The molecule has 0 bridgehead atoms. The van der Waals surface area contributed by atoms with Crippen LogP contribution in [-0.2, 0) is 0 Å². The Hall–Kier alpha value is -3.15. The van der Waals surface area contributed by atoms with Gasteiger partial charge in [-0.25, -0.2) is 4.68 Å². The second-order valence-electron chi connectivity index (χ2n) is 6.54. The van der Waals surface area contributed by atoms with Crippen molar-refractivity contribution < 1.29 is 9.53 Å². The molecule has 1 aliphatic heterocycles. The van der Waals surface area contributed by atoms with Crippen molar-refractivity contribution in [1.82, 2.24) is 19.9 Å². The summed E-state index contributed by atoms with van der Waals surface area (Å²) in [6, 6.07) is 17.7. The summed E-state index contributed by atoms with van der Waals surface area (Å²) >= 11 is 0. The Kier molecular flexibility index (Phi) is 4.87. The molecule has 27 heavy (non-hydrogen) atoms. The van der Waals surface area contributed by atoms with E-state index in [2.05, 4.69) is 10.3 Å². The zero-order valence-corrected chi connectivity index (χ0v) is 15.3. The SMILES string of the molecule is CCOc1ccc(C2CCCN2C(=O)c2cn(-c3ccccc3)nn2)cc1. The lowest BCUT2D eigenvalue weighted by molar-refractivity contribution is 0.0729. The molecule has 0 aliphatic carbocycles. The van der Waals surface area contributed by atoms with Crippen molar-refractivity contribution in [2.45, 2.75) is 25.8 Å². The number of benzene rings is 2. The van der Waals surface area contributed by atoms with Gasteiger partial charge < -0.3 is 9.64 Å². The van der Waals surface area contributed by atoms with Gasteiger partial charge in [-0.1, -0.05) is 35.5 Å². The number of nitrogens with zero attached hydrogens (tertiary/aromatic N) is 4. The summed E-state index contributed by atoms with van der Waals surface area (Å²) in [4.78, 5) is 14.9. The molecule has 1 amide bonds. The Morgan fingerprint density at radius 3 is 2.67 bits per heavy atom. The van der Waals surface area contributed by atoms with Gasteiger partial charge in [-0.2, -0.15) is 0 Å². The highest BCUT2D eigenvalue weighted by Crippen LogP contribution is 2.33. The molecule has 1 aliphatic rings. The van der Waals surface area contributed by atoms with E-state index < -0.39 is 0 Å². The number of carbonyl (C=O) groups is 1. The molecule has 4 rings (SSSR count). The lowest BCUT2D eigenvalue weighted by Crippen LogP contribution is -2.30. The number of carbonyl (C=O) groups excluding carboxylic acids is 1. The predicted octanol–water partition coefficient (Wildman–Crippen LogP) is 3.64. The fraction of sp³-hybridized carbons (Fsp3) is 0.286. The quantitative estimate of drug-likeness (QED) is 0.695. The van der Waals surface area contributed by atoms with E-state index in [-0.39, 0.29) is 11.9 Å². The highest BCUT2D eigenvalue weighted by atomic mass is 16.5. The fourth-order valence-corrected chi connectivity index (χ4v) is 3.53. The first kappa shape index (κ1) is 17.3. The minimum absolute atomic E-state index is 0.0649. The number of amides is 1. The predicted molar refractivity (Wildman–Crippen MR) is 102 cm³/mol. The first-order chi connectivity index (χ1) is 13.3. The smallest absolute Gasteiger partial charge is 0.276 e. The number of para-hydroxylation sites is 1. The number of hydrogen-bond acceptors (Lipinski definition) is 4. The summed E-state index contributed by atoms with van der Waals surface area (Å²) in [5, 5.41) is 8.22. The molecule has 1 aromatic heterocycles. The van der Waals surface area contributed by atoms with Gasteiger partial charge in [0.05, 0.1) is 24.5 Å². The standard InChI is InChI=1S/C21H22N4O2/c1-2-27-18-12-10-16(11-13-18)20-9-6-14-24(20)21(26)19-15-25(23-22-19)17-7-4-3-5-8-17/h3-5,7-8,10-13,15,20H,2,6,9,14H2,1H3. The first-order valence-electron chi connectivity index (χ1n) is 9.28. The van der Waals surface area contributed by atoms with Crippen LogP contribution in [0.25, 0.3) is 5.69 Å². The van der Waals surface area contributed by atoms with Crippen molar-refractivity contribution in [3.63, 3.8) is 0 Å². The first-order valence-corrected chi connectivity index (χ1v) is 9.28. The van der Waals surface area contributed by atoms with Gasteiger partial charge >= 0.3 is 0 Å². The maximum Gasteiger partial charge on any atom is 0.276 e. The van der Waals surface area contributed by atoms with E-state index in [9.17, 15) is 4.79 Å². The van der Waals surface area contributed by atoms with Crippen molar-refractivity contribution >= 4 is 5.91 Å². The molecular weight excluding hydrogens is 340 g/mol. The van der Waals surface area contributed by atoms with E-state index in [0.717, 1.165) is 36.4 Å². The maximum absolute atomic E-state index is 13.0. The van der Waals surface area contributed by atoms with Crippen LogP contribution in [-0.4, -0.2) is 39.0 Å². The van der Waals surface area contributed by atoms with E-state index >= 15 is 0 Å². The molecule has 6 nitrogen and oxygen atoms in total. The Bertz CT molecular complexity index is 905. The highest BCUT2D eigenvalue weighted by Gasteiger charge is 2.32. The van der Waals surface area contributed by atoms with Crippen LogP contribution in [0, 0.1) is 0 Å². The molecule has 0 radical (unpaired) electrons. The van der Waals surface area contributed by atoms with Crippen LogP contribution in [0.2, 0.25) is 0 Å².